The van der Waals surface area contributed by atoms with Crippen molar-refractivity contribution in [2.24, 2.45) is 0 Å². The van der Waals surface area contributed by atoms with E-state index in [1.807, 2.05) is 0 Å². The molecule has 0 aromatic heterocycles. The van der Waals surface area contributed by atoms with Crippen LogP contribution in [-0.2, 0) is 4.74 Å². The predicted octanol–water partition coefficient (Wildman–Crippen LogP) is 6.84. The number of carbonyl (C=O) groups excluding carboxylic acids is 1. The van der Waals surface area contributed by atoms with Crippen molar-refractivity contribution in [1.29, 1.82) is 0 Å². The van der Waals surface area contributed by atoms with Gasteiger partial charge in [-0.1, -0.05) is 47.5 Å². The highest BCUT2D eigenvalue weighted by molar-refractivity contribution is 6.34. The van der Waals surface area contributed by atoms with Gasteiger partial charge in [-0.2, -0.15) is 13.2 Å². The van der Waals surface area contributed by atoms with E-state index in [1.165, 1.54) is 30.3 Å². The van der Waals surface area contributed by atoms with Gasteiger partial charge in [0.05, 0.1) is 18.1 Å². The van der Waals surface area contributed by atoms with Crippen molar-refractivity contribution in [3.8, 4) is 0 Å². The summed E-state index contributed by atoms with van der Waals surface area (Å²) in [4.78, 5) is 11.8. The van der Waals surface area contributed by atoms with Gasteiger partial charge in [-0.15, -0.1) is 0 Å². The fraction of sp³-hybridized carbons (Fsp3) is 0.250. The minimum Gasteiger partial charge on any atom is -0.462 e. The zero-order valence-corrected chi connectivity index (χ0v) is 16.1. The minimum atomic E-state index is -4.51. The smallest absolute Gasteiger partial charge is 0.399 e. The van der Waals surface area contributed by atoms with Gasteiger partial charge >= 0.3 is 12.1 Å². The molecule has 0 saturated heterocycles. The molecule has 0 heterocycles. The third-order valence-corrected chi connectivity index (χ3v) is 4.26. The van der Waals surface area contributed by atoms with Gasteiger partial charge in [0.15, 0.2) is 0 Å². The van der Waals surface area contributed by atoms with Crippen LogP contribution in [0.15, 0.2) is 42.5 Å². The van der Waals surface area contributed by atoms with Gasteiger partial charge in [-0.3, -0.25) is 0 Å². The maximum Gasteiger partial charge on any atom is 0.399 e. The summed E-state index contributed by atoms with van der Waals surface area (Å²) in [6.45, 7) is 3.64. The third kappa shape index (κ3) is 5.75. The number of hydrogen-bond acceptors (Lipinski definition) is 2. The normalized spacial score (nSPS) is 13.0. The van der Waals surface area contributed by atoms with E-state index in [4.69, 9.17) is 27.9 Å². The Morgan fingerprint density at radius 2 is 1.78 bits per heavy atom. The molecule has 144 valence electrons. The van der Waals surface area contributed by atoms with Crippen molar-refractivity contribution in [2.45, 2.75) is 25.9 Å². The molecule has 0 N–H and O–H groups in total. The van der Waals surface area contributed by atoms with Gasteiger partial charge in [-0.05, 0) is 54.8 Å². The maximum absolute atomic E-state index is 13.5. The molecule has 0 aliphatic heterocycles. The molecule has 0 aliphatic rings. The molecule has 2 aromatic rings. The Bertz CT molecular complexity index is 841. The quantitative estimate of drug-likeness (QED) is 0.498. The largest absolute Gasteiger partial charge is 0.462 e. The summed E-state index contributed by atoms with van der Waals surface area (Å²) in [6.07, 6.45) is -2.11. The number of benzene rings is 2. The molecule has 0 amide bonds. The Morgan fingerprint density at radius 1 is 1.15 bits per heavy atom. The summed E-state index contributed by atoms with van der Waals surface area (Å²) in [5.74, 6) is -2.33. The van der Waals surface area contributed by atoms with Crippen LogP contribution >= 0.6 is 23.2 Å². The number of hydrogen-bond donors (Lipinski definition) is 0. The van der Waals surface area contributed by atoms with E-state index in [1.54, 1.807) is 26.0 Å². The fourth-order valence-electron chi connectivity index (χ4n) is 2.60. The highest BCUT2D eigenvalue weighted by Crippen LogP contribution is 2.38. The lowest BCUT2D eigenvalue weighted by molar-refractivity contribution is -0.139. The van der Waals surface area contributed by atoms with Crippen LogP contribution in [0.4, 0.5) is 13.2 Å². The summed E-state index contributed by atoms with van der Waals surface area (Å²) in [5, 5.41) is 0.268. The first-order valence-corrected chi connectivity index (χ1v) is 8.86. The van der Waals surface area contributed by atoms with E-state index < -0.39 is 18.1 Å². The molecule has 2 aromatic carbocycles. The van der Waals surface area contributed by atoms with E-state index in [0.29, 0.717) is 16.7 Å². The van der Waals surface area contributed by atoms with Crippen LogP contribution < -0.4 is 0 Å². The molecule has 0 radical (unpaired) electrons. The molecule has 2 nitrogen and oxygen atoms in total. The molecular formula is C20H17Cl2F3O2. The minimum absolute atomic E-state index is 0.0453. The zero-order valence-electron chi connectivity index (χ0n) is 14.6. The standard InChI is InChI=1S/C20H17Cl2F3O2/c1-3-27-19(26)17-6-4-13(8-12(17)2)5-7-18(20(23,24)25)14-9-15(21)11-16(22)10-14/h4-11,18H,3H2,1-2H3/t18-/m1/s1. The average Bonchev–Trinajstić information content (AvgIpc) is 2.53. The van der Waals surface area contributed by atoms with Crippen LogP contribution in [0, 0.1) is 6.92 Å². The molecule has 0 unspecified atom stereocenters. The molecular weight excluding hydrogens is 400 g/mol. The second-order valence-corrected chi connectivity index (χ2v) is 6.75. The van der Waals surface area contributed by atoms with Crippen molar-refractivity contribution in [3.63, 3.8) is 0 Å². The van der Waals surface area contributed by atoms with Gasteiger partial charge < -0.3 is 4.74 Å². The molecule has 1 atom stereocenters. The monoisotopic (exact) mass is 416 g/mol. The topological polar surface area (TPSA) is 26.3 Å². The van der Waals surface area contributed by atoms with Crippen molar-refractivity contribution < 1.29 is 22.7 Å². The van der Waals surface area contributed by atoms with Gasteiger partial charge in [0.25, 0.3) is 0 Å². The van der Waals surface area contributed by atoms with Crippen molar-refractivity contribution in [2.75, 3.05) is 6.61 Å². The van der Waals surface area contributed by atoms with E-state index in [9.17, 15) is 18.0 Å². The van der Waals surface area contributed by atoms with Crippen LogP contribution in [0.5, 0.6) is 0 Å². The molecule has 0 bridgehead atoms. The lowest BCUT2D eigenvalue weighted by Crippen LogP contribution is -2.18. The van der Waals surface area contributed by atoms with Crippen molar-refractivity contribution in [3.05, 3.63) is 74.8 Å². The number of rotatable bonds is 5. The van der Waals surface area contributed by atoms with Crippen LogP contribution in [0.3, 0.4) is 0 Å². The number of aryl methyl sites for hydroxylation is 1. The Balaban J connectivity index is 2.34. The van der Waals surface area contributed by atoms with Crippen LogP contribution in [0.1, 0.15) is 39.9 Å². The molecule has 0 spiro atoms. The summed E-state index contributed by atoms with van der Waals surface area (Å²) < 4.78 is 45.5. The first-order chi connectivity index (χ1) is 12.6. The van der Waals surface area contributed by atoms with Crippen molar-refractivity contribution >= 4 is 35.2 Å². The van der Waals surface area contributed by atoms with Crippen molar-refractivity contribution in [1.82, 2.24) is 0 Å². The first-order valence-electron chi connectivity index (χ1n) is 8.10. The molecule has 0 aliphatic carbocycles. The van der Waals surface area contributed by atoms with Crippen LogP contribution in [0.25, 0.3) is 6.08 Å². The number of esters is 1. The average molecular weight is 417 g/mol. The second kappa shape index (κ2) is 8.81. The molecule has 2 rings (SSSR count). The Kier molecular flexibility index (Phi) is 6.95. The Hall–Kier alpha value is -1.98. The summed E-state index contributed by atoms with van der Waals surface area (Å²) in [5.41, 5.74) is 1.48. The highest BCUT2D eigenvalue weighted by Gasteiger charge is 2.39. The molecule has 0 fully saturated rings. The second-order valence-electron chi connectivity index (χ2n) is 5.88. The number of carbonyl (C=O) groups is 1. The van der Waals surface area contributed by atoms with Gasteiger partial charge in [0.1, 0.15) is 0 Å². The van der Waals surface area contributed by atoms with E-state index in [0.717, 1.165) is 6.08 Å². The van der Waals surface area contributed by atoms with Crippen LogP contribution in [-0.4, -0.2) is 18.8 Å². The van der Waals surface area contributed by atoms with E-state index in [-0.39, 0.29) is 22.2 Å². The molecule has 7 heteroatoms. The number of halogens is 5. The van der Waals surface area contributed by atoms with Crippen LogP contribution in [0.2, 0.25) is 10.0 Å². The fourth-order valence-corrected chi connectivity index (χ4v) is 3.14. The first kappa shape index (κ1) is 21.3. The van der Waals surface area contributed by atoms with Gasteiger partial charge in [0.2, 0.25) is 0 Å². The maximum atomic E-state index is 13.5. The zero-order chi connectivity index (χ0) is 20.2. The number of ether oxygens (including phenoxy) is 1. The lowest BCUT2D eigenvalue weighted by atomic mass is 9.96. The summed E-state index contributed by atoms with van der Waals surface area (Å²) >= 11 is 11.7. The summed E-state index contributed by atoms with van der Waals surface area (Å²) in [7, 11) is 0. The molecule has 27 heavy (non-hydrogen) atoms. The Morgan fingerprint density at radius 3 is 2.30 bits per heavy atom. The highest BCUT2D eigenvalue weighted by atomic mass is 35.5. The lowest BCUT2D eigenvalue weighted by Gasteiger charge is -2.18. The van der Waals surface area contributed by atoms with Gasteiger partial charge in [-0.25, -0.2) is 4.79 Å². The molecule has 0 saturated carbocycles. The van der Waals surface area contributed by atoms with Gasteiger partial charge in [0, 0.05) is 10.0 Å². The predicted molar refractivity (Wildman–Crippen MR) is 101 cm³/mol. The SMILES string of the molecule is CCOC(=O)c1ccc(C=C[C@H](c2cc(Cl)cc(Cl)c2)C(F)(F)F)cc1C. The third-order valence-electron chi connectivity index (χ3n) is 3.82. The number of alkyl halides is 3. The Labute approximate surface area is 165 Å². The van der Waals surface area contributed by atoms with E-state index >= 15 is 0 Å². The summed E-state index contributed by atoms with van der Waals surface area (Å²) in [6, 6.07) is 8.58. The number of allylic oxidation sites excluding steroid dienone is 1. The van der Waals surface area contributed by atoms with E-state index in [2.05, 4.69) is 0 Å².